The molecule has 1 heterocycles. The molecule has 0 radical (unpaired) electrons. The van der Waals surface area contributed by atoms with Crippen molar-refractivity contribution >= 4 is 68.9 Å². The van der Waals surface area contributed by atoms with E-state index in [1.54, 1.807) is 42.5 Å². The third kappa shape index (κ3) is 5.00. The highest BCUT2D eigenvalue weighted by Crippen LogP contribution is 2.43. The first-order valence-corrected chi connectivity index (χ1v) is 11.6. The molecule has 0 saturated carbocycles. The molecule has 1 fully saturated rings. The van der Waals surface area contributed by atoms with E-state index in [1.807, 2.05) is 0 Å². The highest BCUT2D eigenvalue weighted by Gasteiger charge is 2.34. The first kappa shape index (κ1) is 25.1. The Kier molecular flexibility index (Phi) is 7.20. The second kappa shape index (κ2) is 10.3. The molecule has 10 nitrogen and oxygen atoms in total. The average Bonchev–Trinajstić information content (AvgIpc) is 3.13. The molecule has 1 amide bonds. The van der Waals surface area contributed by atoms with Gasteiger partial charge in [-0.2, -0.15) is 0 Å². The summed E-state index contributed by atoms with van der Waals surface area (Å²) in [5.41, 5.74) is -0.136. The number of halogens is 1. The number of benzene rings is 3. The van der Waals surface area contributed by atoms with Crippen LogP contribution in [-0.4, -0.2) is 27.2 Å². The Hall–Kier alpha value is -4.00. The van der Waals surface area contributed by atoms with E-state index in [0.717, 1.165) is 30.0 Å². The second-order valence-electron chi connectivity index (χ2n) is 7.14. The lowest BCUT2D eigenvalue weighted by atomic mass is 10.1. The van der Waals surface area contributed by atoms with Crippen LogP contribution in [0.4, 0.5) is 17.1 Å². The topological polar surface area (TPSA) is 125 Å². The fraction of sp³-hybridized carbons (Fsp3) is 0.0435. The number of thiocarbonyl (C=S) groups is 1. The minimum absolute atomic E-state index is 0.0775. The molecule has 0 aromatic heterocycles. The molecular weight excluding hydrogens is 530 g/mol. The summed E-state index contributed by atoms with van der Waals surface area (Å²) in [6.07, 6.45) is 1.53. The lowest BCUT2D eigenvalue weighted by molar-refractivity contribution is -0.394. The number of nitro groups is 2. The molecule has 3 aromatic rings. The van der Waals surface area contributed by atoms with Crippen LogP contribution >= 0.6 is 35.6 Å². The van der Waals surface area contributed by atoms with Crippen LogP contribution in [-0.2, 0) is 4.79 Å². The number of amides is 1. The Morgan fingerprint density at radius 3 is 2.39 bits per heavy atom. The molecule has 1 aliphatic rings. The summed E-state index contributed by atoms with van der Waals surface area (Å²) in [5, 5.41) is 23.1. The zero-order valence-corrected chi connectivity index (χ0v) is 20.6. The van der Waals surface area contributed by atoms with Crippen molar-refractivity contribution in [3.8, 4) is 17.2 Å². The van der Waals surface area contributed by atoms with E-state index in [9.17, 15) is 25.0 Å². The number of hydrogen-bond donors (Lipinski definition) is 0. The predicted octanol–water partition coefficient (Wildman–Crippen LogP) is 6.36. The van der Waals surface area contributed by atoms with Gasteiger partial charge in [0.1, 0.15) is 0 Å². The van der Waals surface area contributed by atoms with Gasteiger partial charge < -0.3 is 9.47 Å². The number of thioether (sulfide) groups is 1. The number of carbonyl (C=O) groups excluding carboxylic acids is 1. The van der Waals surface area contributed by atoms with E-state index >= 15 is 0 Å². The molecule has 0 N–H and O–H groups in total. The number of ether oxygens (including phenoxy) is 2. The number of hydrogen-bond acceptors (Lipinski definition) is 9. The Morgan fingerprint density at radius 2 is 1.75 bits per heavy atom. The summed E-state index contributed by atoms with van der Waals surface area (Å²) in [6.45, 7) is 0. The van der Waals surface area contributed by atoms with E-state index < -0.39 is 21.2 Å². The van der Waals surface area contributed by atoms with Crippen molar-refractivity contribution < 1.29 is 24.1 Å². The maximum Gasteiger partial charge on any atom is 0.318 e. The van der Waals surface area contributed by atoms with Crippen molar-refractivity contribution in [2.24, 2.45) is 0 Å². The van der Waals surface area contributed by atoms with E-state index in [2.05, 4.69) is 0 Å². The van der Waals surface area contributed by atoms with Crippen LogP contribution < -0.4 is 14.4 Å². The Labute approximate surface area is 218 Å². The summed E-state index contributed by atoms with van der Waals surface area (Å²) in [5.74, 6) is -0.306. The van der Waals surface area contributed by atoms with Crippen molar-refractivity contribution in [1.82, 2.24) is 0 Å². The van der Waals surface area contributed by atoms with Crippen LogP contribution in [0.1, 0.15) is 5.56 Å². The SMILES string of the molecule is COc1cccc(/C=C2\SC(=S)N(c3ccc(Cl)cc3)C2=O)c1Oc1ccc([N+](=O)[O-])cc1[N+](=O)[O-]. The second-order valence-corrected chi connectivity index (χ2v) is 9.25. The number of rotatable bonds is 7. The molecule has 36 heavy (non-hydrogen) atoms. The summed E-state index contributed by atoms with van der Waals surface area (Å²) < 4.78 is 11.5. The third-order valence-corrected chi connectivity index (χ3v) is 6.51. The number of anilines is 1. The van der Waals surface area contributed by atoms with Crippen LogP contribution in [0.5, 0.6) is 17.2 Å². The van der Waals surface area contributed by atoms with Crippen LogP contribution in [0.2, 0.25) is 5.02 Å². The number of carbonyl (C=O) groups is 1. The van der Waals surface area contributed by atoms with Gasteiger partial charge in [0.15, 0.2) is 15.8 Å². The van der Waals surface area contributed by atoms with Crippen LogP contribution in [0, 0.1) is 20.2 Å². The van der Waals surface area contributed by atoms with Crippen molar-refractivity contribution in [2.75, 3.05) is 12.0 Å². The first-order valence-electron chi connectivity index (χ1n) is 10.0. The van der Waals surface area contributed by atoms with E-state index in [4.69, 9.17) is 33.3 Å². The predicted molar refractivity (Wildman–Crippen MR) is 140 cm³/mol. The first-order chi connectivity index (χ1) is 17.2. The van der Waals surface area contributed by atoms with Crippen LogP contribution in [0.15, 0.2) is 65.6 Å². The zero-order valence-electron chi connectivity index (χ0n) is 18.2. The van der Waals surface area contributed by atoms with Gasteiger partial charge in [-0.3, -0.25) is 29.9 Å². The third-order valence-electron chi connectivity index (χ3n) is 4.96. The lowest BCUT2D eigenvalue weighted by Crippen LogP contribution is -2.27. The molecule has 182 valence electrons. The number of non-ortho nitro benzene ring substituents is 1. The highest BCUT2D eigenvalue weighted by molar-refractivity contribution is 8.27. The molecule has 1 saturated heterocycles. The smallest absolute Gasteiger partial charge is 0.318 e. The maximum absolute atomic E-state index is 13.2. The quantitative estimate of drug-likeness (QED) is 0.145. The van der Waals surface area contributed by atoms with Gasteiger partial charge in [-0.1, -0.05) is 47.7 Å². The summed E-state index contributed by atoms with van der Waals surface area (Å²) in [4.78, 5) is 35.9. The fourth-order valence-electron chi connectivity index (χ4n) is 3.30. The molecule has 4 rings (SSSR count). The van der Waals surface area contributed by atoms with E-state index in [0.29, 0.717) is 20.6 Å². The van der Waals surface area contributed by atoms with Gasteiger partial charge in [0, 0.05) is 16.7 Å². The molecule has 1 aliphatic heterocycles. The molecule has 3 aromatic carbocycles. The van der Waals surface area contributed by atoms with Gasteiger partial charge >= 0.3 is 5.69 Å². The van der Waals surface area contributed by atoms with Gasteiger partial charge in [0.05, 0.1) is 33.6 Å². The lowest BCUT2D eigenvalue weighted by Gasteiger charge is -2.14. The van der Waals surface area contributed by atoms with Gasteiger partial charge in [-0.15, -0.1) is 0 Å². The monoisotopic (exact) mass is 543 g/mol. The molecule has 0 atom stereocenters. The molecule has 0 aliphatic carbocycles. The Balaban J connectivity index is 1.74. The van der Waals surface area contributed by atoms with Gasteiger partial charge in [0.2, 0.25) is 5.75 Å². The fourth-order valence-corrected chi connectivity index (χ4v) is 4.71. The summed E-state index contributed by atoms with van der Waals surface area (Å²) in [6, 6.07) is 14.5. The zero-order chi connectivity index (χ0) is 26.0. The van der Waals surface area contributed by atoms with Crippen LogP contribution in [0.3, 0.4) is 0 Å². The van der Waals surface area contributed by atoms with Crippen molar-refractivity contribution in [3.05, 3.63) is 96.4 Å². The van der Waals surface area contributed by atoms with E-state index in [1.165, 1.54) is 18.1 Å². The van der Waals surface area contributed by atoms with Crippen molar-refractivity contribution in [1.29, 1.82) is 0 Å². The standard InChI is InChI=1S/C23H14ClN3O7S2/c1-33-19-4-2-3-13(21(19)34-18-10-9-16(26(29)30)12-17(18)27(31)32)11-20-22(28)25(23(35)36-20)15-7-5-14(24)6-8-15/h2-12H,1H3/b20-11-. The van der Waals surface area contributed by atoms with E-state index in [-0.39, 0.29) is 28.1 Å². The normalized spacial score (nSPS) is 14.3. The van der Waals surface area contributed by atoms with Crippen molar-refractivity contribution in [2.45, 2.75) is 0 Å². The Morgan fingerprint density at radius 1 is 1.03 bits per heavy atom. The molecule has 13 heteroatoms. The summed E-state index contributed by atoms with van der Waals surface area (Å²) in [7, 11) is 1.39. The largest absolute Gasteiger partial charge is 0.493 e. The molecule has 0 bridgehead atoms. The average molecular weight is 544 g/mol. The highest BCUT2D eigenvalue weighted by atomic mass is 35.5. The number of nitro benzene ring substituents is 2. The van der Waals surface area contributed by atoms with Gasteiger partial charge in [-0.25, -0.2) is 0 Å². The Bertz CT molecular complexity index is 1440. The van der Waals surface area contributed by atoms with Gasteiger partial charge in [-0.05, 0) is 42.5 Å². The molecule has 0 unspecified atom stereocenters. The molecule has 0 spiro atoms. The van der Waals surface area contributed by atoms with Gasteiger partial charge in [0.25, 0.3) is 11.6 Å². The van der Waals surface area contributed by atoms with Crippen molar-refractivity contribution in [3.63, 3.8) is 0 Å². The number of nitrogens with zero attached hydrogens (tertiary/aromatic N) is 3. The summed E-state index contributed by atoms with van der Waals surface area (Å²) >= 11 is 12.4. The maximum atomic E-state index is 13.2. The minimum atomic E-state index is -0.783. The minimum Gasteiger partial charge on any atom is -0.493 e. The molecular formula is C23H14ClN3O7S2. The number of methoxy groups -OCH3 is 1. The van der Waals surface area contributed by atoms with Crippen LogP contribution in [0.25, 0.3) is 6.08 Å². The number of para-hydroxylation sites is 1.